The highest BCUT2D eigenvalue weighted by Crippen LogP contribution is 2.45. The Hall–Kier alpha value is -2.29. The summed E-state index contributed by atoms with van der Waals surface area (Å²) in [5.41, 5.74) is 0.146. The molecular formula is C20H8Cl4N2O4S. The van der Waals surface area contributed by atoms with Crippen molar-refractivity contribution in [2.24, 2.45) is 0 Å². The van der Waals surface area contributed by atoms with E-state index in [2.05, 4.69) is 0 Å². The summed E-state index contributed by atoms with van der Waals surface area (Å²) in [6.07, 6.45) is 0. The Balaban J connectivity index is 1.61. The molecule has 11 heteroatoms. The second kappa shape index (κ2) is 8.33. The number of amides is 2. The number of non-ortho nitro benzene ring substituents is 1. The molecule has 1 heterocycles. The molecule has 2 amide bonds. The molecule has 1 aliphatic heterocycles. The molecule has 0 aromatic heterocycles. The van der Waals surface area contributed by atoms with Crippen LogP contribution in [0.4, 0.5) is 11.4 Å². The third-order valence-electron chi connectivity index (χ3n) is 4.48. The predicted octanol–water partition coefficient (Wildman–Crippen LogP) is 7.16. The van der Waals surface area contributed by atoms with Gasteiger partial charge in [0.1, 0.15) is 0 Å². The summed E-state index contributed by atoms with van der Waals surface area (Å²) in [4.78, 5) is 38.7. The Morgan fingerprint density at radius 2 is 1.13 bits per heavy atom. The van der Waals surface area contributed by atoms with Gasteiger partial charge in [-0.15, -0.1) is 0 Å². The van der Waals surface area contributed by atoms with Crippen molar-refractivity contribution in [3.05, 3.63) is 89.9 Å². The van der Waals surface area contributed by atoms with Crippen molar-refractivity contribution in [3.8, 4) is 0 Å². The molecule has 0 radical (unpaired) electrons. The molecule has 31 heavy (non-hydrogen) atoms. The van der Waals surface area contributed by atoms with E-state index in [1.807, 2.05) is 0 Å². The Labute approximate surface area is 199 Å². The molecule has 4 rings (SSSR count). The monoisotopic (exact) mass is 512 g/mol. The van der Waals surface area contributed by atoms with Crippen LogP contribution >= 0.6 is 58.2 Å². The number of imide groups is 1. The molecule has 0 unspecified atom stereocenters. The lowest BCUT2D eigenvalue weighted by atomic mass is 10.1. The zero-order chi connectivity index (χ0) is 22.4. The number of hydrogen-bond acceptors (Lipinski definition) is 5. The van der Waals surface area contributed by atoms with Crippen LogP contribution in [-0.2, 0) is 0 Å². The summed E-state index contributed by atoms with van der Waals surface area (Å²) < 4.78 is 0. The van der Waals surface area contributed by atoms with E-state index < -0.39 is 16.7 Å². The molecular weight excluding hydrogens is 506 g/mol. The van der Waals surface area contributed by atoms with Crippen LogP contribution in [0.5, 0.6) is 0 Å². The van der Waals surface area contributed by atoms with Gasteiger partial charge in [-0.2, -0.15) is 0 Å². The number of carbonyl (C=O) groups excluding carboxylic acids is 2. The average Bonchev–Trinajstić information content (AvgIpc) is 3.02. The van der Waals surface area contributed by atoms with Gasteiger partial charge < -0.3 is 0 Å². The van der Waals surface area contributed by atoms with E-state index >= 15 is 0 Å². The van der Waals surface area contributed by atoms with Crippen molar-refractivity contribution in [1.29, 1.82) is 0 Å². The lowest BCUT2D eigenvalue weighted by molar-refractivity contribution is -0.384. The lowest BCUT2D eigenvalue weighted by Gasteiger charge is -2.14. The number of halogens is 4. The van der Waals surface area contributed by atoms with Crippen molar-refractivity contribution >= 4 is 81.4 Å². The van der Waals surface area contributed by atoms with Crippen LogP contribution in [0.15, 0.2) is 58.3 Å². The van der Waals surface area contributed by atoms with Crippen LogP contribution in [0.2, 0.25) is 20.1 Å². The topological polar surface area (TPSA) is 80.5 Å². The fourth-order valence-electron chi connectivity index (χ4n) is 3.02. The van der Waals surface area contributed by atoms with Crippen molar-refractivity contribution < 1.29 is 14.5 Å². The van der Waals surface area contributed by atoms with Gasteiger partial charge in [0.15, 0.2) is 0 Å². The first-order valence-corrected chi connectivity index (χ1v) is 10.8. The number of fused-ring (bicyclic) bond motifs is 1. The van der Waals surface area contributed by atoms with Crippen LogP contribution in [0.1, 0.15) is 20.7 Å². The molecule has 3 aromatic rings. The Morgan fingerprint density at radius 3 is 1.55 bits per heavy atom. The summed E-state index contributed by atoms with van der Waals surface area (Å²) in [7, 11) is 0. The molecule has 0 saturated carbocycles. The maximum absolute atomic E-state index is 12.9. The van der Waals surface area contributed by atoms with E-state index in [1.54, 1.807) is 36.4 Å². The first-order chi connectivity index (χ1) is 14.7. The molecule has 0 fully saturated rings. The first-order valence-electron chi connectivity index (χ1n) is 8.47. The van der Waals surface area contributed by atoms with Crippen LogP contribution < -0.4 is 4.90 Å². The quantitative estimate of drug-likeness (QED) is 0.121. The predicted molar refractivity (Wildman–Crippen MR) is 121 cm³/mol. The van der Waals surface area contributed by atoms with Crippen LogP contribution in [0.3, 0.4) is 0 Å². The van der Waals surface area contributed by atoms with Gasteiger partial charge in [-0.1, -0.05) is 58.2 Å². The van der Waals surface area contributed by atoms with E-state index in [9.17, 15) is 19.7 Å². The smallest absolute Gasteiger partial charge is 0.268 e. The standard InChI is InChI=1S/C20H8Cl4N2O4S/c21-15-13-14(16(22)18(24)17(15)23)20(28)25(19(13)27)9-1-5-11(6-2-9)31-12-7-3-10(4-8-12)26(29)30/h1-8H. The third-order valence-corrected chi connectivity index (χ3v) is 7.30. The Kier molecular flexibility index (Phi) is 5.89. The van der Waals surface area contributed by atoms with Gasteiger partial charge in [-0.05, 0) is 36.4 Å². The normalized spacial score (nSPS) is 13.0. The number of nitro benzene ring substituents is 1. The van der Waals surface area contributed by atoms with Gasteiger partial charge in [0, 0.05) is 21.9 Å². The van der Waals surface area contributed by atoms with Crippen molar-refractivity contribution in [2.45, 2.75) is 9.79 Å². The van der Waals surface area contributed by atoms with Crippen LogP contribution in [-0.4, -0.2) is 16.7 Å². The minimum atomic E-state index is -0.652. The summed E-state index contributed by atoms with van der Waals surface area (Å²) in [6, 6.07) is 12.7. The second-order valence-corrected chi connectivity index (χ2v) is 8.96. The molecule has 1 aliphatic rings. The third kappa shape index (κ3) is 3.77. The van der Waals surface area contributed by atoms with Crippen LogP contribution in [0.25, 0.3) is 0 Å². The fourth-order valence-corrected chi connectivity index (χ4v) is 4.85. The molecule has 0 spiro atoms. The molecule has 0 atom stereocenters. The highest BCUT2D eigenvalue weighted by Gasteiger charge is 2.42. The summed E-state index contributed by atoms with van der Waals surface area (Å²) in [5, 5.41) is 10.3. The fraction of sp³-hybridized carbons (Fsp3) is 0. The number of hydrogen-bond donors (Lipinski definition) is 0. The number of rotatable bonds is 4. The number of nitro groups is 1. The summed E-state index contributed by atoms with van der Waals surface area (Å²) >= 11 is 25.7. The molecule has 3 aromatic carbocycles. The molecule has 0 aliphatic carbocycles. The van der Waals surface area contributed by atoms with Crippen molar-refractivity contribution in [2.75, 3.05) is 4.90 Å². The van der Waals surface area contributed by atoms with Crippen molar-refractivity contribution in [1.82, 2.24) is 0 Å². The minimum absolute atomic E-state index is 0.00264. The van der Waals surface area contributed by atoms with Gasteiger partial charge in [0.25, 0.3) is 17.5 Å². The highest BCUT2D eigenvalue weighted by atomic mass is 35.5. The number of carbonyl (C=O) groups is 2. The summed E-state index contributed by atoms with van der Waals surface area (Å²) in [5.74, 6) is -1.30. The number of anilines is 1. The highest BCUT2D eigenvalue weighted by molar-refractivity contribution is 7.99. The zero-order valence-electron chi connectivity index (χ0n) is 15.1. The van der Waals surface area contributed by atoms with Gasteiger partial charge in [0.05, 0.1) is 41.8 Å². The SMILES string of the molecule is O=C1c2c(Cl)c(Cl)c(Cl)c(Cl)c2C(=O)N1c1ccc(Sc2ccc([N+](=O)[O-])cc2)cc1. The minimum Gasteiger partial charge on any atom is -0.268 e. The molecule has 0 N–H and O–H groups in total. The van der Waals surface area contributed by atoms with E-state index in [-0.39, 0.29) is 36.9 Å². The van der Waals surface area contributed by atoms with E-state index in [1.165, 1.54) is 23.9 Å². The van der Waals surface area contributed by atoms with Gasteiger partial charge in [-0.3, -0.25) is 19.7 Å². The average molecular weight is 514 g/mol. The zero-order valence-corrected chi connectivity index (χ0v) is 18.9. The van der Waals surface area contributed by atoms with Gasteiger partial charge in [-0.25, -0.2) is 4.90 Å². The van der Waals surface area contributed by atoms with Crippen molar-refractivity contribution in [3.63, 3.8) is 0 Å². The van der Waals surface area contributed by atoms with Gasteiger partial charge >= 0.3 is 0 Å². The second-order valence-electron chi connectivity index (χ2n) is 6.30. The summed E-state index contributed by atoms with van der Waals surface area (Å²) in [6.45, 7) is 0. The van der Waals surface area contributed by atoms with Gasteiger partial charge in [0.2, 0.25) is 0 Å². The number of benzene rings is 3. The molecule has 0 bridgehead atoms. The Morgan fingerprint density at radius 1 is 0.710 bits per heavy atom. The van der Waals surface area contributed by atoms with E-state index in [0.29, 0.717) is 5.69 Å². The molecule has 156 valence electrons. The lowest BCUT2D eigenvalue weighted by Crippen LogP contribution is -2.29. The first kappa shape index (κ1) is 21.9. The number of nitrogens with zero attached hydrogens (tertiary/aromatic N) is 2. The van der Waals surface area contributed by atoms with E-state index in [4.69, 9.17) is 46.4 Å². The Bertz CT molecular complexity index is 1220. The largest absolute Gasteiger partial charge is 0.269 e. The maximum Gasteiger partial charge on any atom is 0.269 e. The molecule has 6 nitrogen and oxygen atoms in total. The van der Waals surface area contributed by atoms with E-state index in [0.717, 1.165) is 14.7 Å². The maximum atomic E-state index is 12.9. The van der Waals surface area contributed by atoms with Crippen LogP contribution in [0, 0.1) is 10.1 Å². The molecule has 0 saturated heterocycles.